The number of ketones is 1. The van der Waals surface area contributed by atoms with Crippen molar-refractivity contribution in [2.75, 3.05) is 7.05 Å². The smallest absolute Gasteiger partial charge is 0.306 e. The number of likely N-dealkylation sites (N-methyl/N-ethyl adjacent to an activating group) is 1. The first-order valence-corrected chi connectivity index (χ1v) is 11.6. The Kier molecular flexibility index (Phi) is 5.19. The van der Waals surface area contributed by atoms with E-state index in [0.29, 0.717) is 12.0 Å². The van der Waals surface area contributed by atoms with Crippen LogP contribution in [-0.4, -0.2) is 80.9 Å². The minimum absolute atomic E-state index is 0.0168. The van der Waals surface area contributed by atoms with Gasteiger partial charge in [-0.25, -0.2) is 0 Å². The number of aliphatic hydroxyl groups is 2. The van der Waals surface area contributed by atoms with Gasteiger partial charge in [0.05, 0.1) is 30.3 Å². The molecule has 3 unspecified atom stereocenters. The lowest BCUT2D eigenvalue weighted by atomic mass is 9.64. The summed E-state index contributed by atoms with van der Waals surface area (Å²) < 4.78 is 18.0. The van der Waals surface area contributed by atoms with Crippen LogP contribution in [0.2, 0.25) is 0 Å². The van der Waals surface area contributed by atoms with E-state index in [1.165, 1.54) is 6.07 Å². The zero-order valence-electron chi connectivity index (χ0n) is 19.6. The number of aromatic hydroxyl groups is 1. The Hall–Kier alpha value is -2.08. The lowest BCUT2D eigenvalue weighted by Gasteiger charge is -2.46. The van der Waals surface area contributed by atoms with Gasteiger partial charge in [-0.2, -0.15) is 0 Å². The zero-order valence-corrected chi connectivity index (χ0v) is 19.6. The number of carbonyl (C=O) groups excluding carboxylic acids is 1. The van der Waals surface area contributed by atoms with Crippen molar-refractivity contribution in [3.63, 3.8) is 0 Å². The number of ether oxygens (including phenoxy) is 3. The van der Waals surface area contributed by atoms with Crippen LogP contribution in [0, 0.1) is 0 Å². The number of carboxylic acid groups (broad SMARTS) is 1. The number of rotatable bonds is 4. The van der Waals surface area contributed by atoms with Gasteiger partial charge in [-0.1, -0.05) is 6.07 Å². The molecule has 0 amide bonds. The molecule has 3 fully saturated rings. The van der Waals surface area contributed by atoms with Crippen LogP contribution < -0.4 is 5.32 Å². The van der Waals surface area contributed by atoms with E-state index in [4.69, 9.17) is 14.2 Å². The molecule has 3 heterocycles. The molecule has 0 radical (unpaired) electrons. The molecule has 186 valence electrons. The van der Waals surface area contributed by atoms with E-state index in [-0.39, 0.29) is 29.0 Å². The van der Waals surface area contributed by atoms with Crippen LogP contribution in [0.4, 0.5) is 0 Å². The van der Waals surface area contributed by atoms with Gasteiger partial charge in [0.1, 0.15) is 18.0 Å². The molecule has 0 saturated carbocycles. The number of aliphatic hydroxyl groups excluding tert-OH is 2. The van der Waals surface area contributed by atoms with Crippen molar-refractivity contribution in [1.29, 1.82) is 0 Å². The lowest BCUT2D eigenvalue weighted by Crippen LogP contribution is -2.64. The fourth-order valence-corrected chi connectivity index (χ4v) is 6.55. The van der Waals surface area contributed by atoms with Crippen LogP contribution in [0.3, 0.4) is 0 Å². The van der Waals surface area contributed by atoms with E-state index in [2.05, 4.69) is 5.32 Å². The van der Waals surface area contributed by atoms with Crippen molar-refractivity contribution in [1.82, 2.24) is 5.32 Å². The van der Waals surface area contributed by atoms with Crippen molar-refractivity contribution in [3.05, 3.63) is 28.8 Å². The highest BCUT2D eigenvalue weighted by Crippen LogP contribution is 2.68. The number of carbonyl (C=O) groups is 2. The fraction of sp³-hybridized carbons (Fsp3) is 0.667. The monoisotopic (exact) mass is 477 g/mol. The highest BCUT2D eigenvalue weighted by Gasteiger charge is 2.88. The van der Waals surface area contributed by atoms with E-state index < -0.39 is 59.4 Å². The van der Waals surface area contributed by atoms with Crippen molar-refractivity contribution in [2.45, 2.75) is 93.4 Å². The standard InChI is InChI=1S/C24H31NO9/c1-10-13(25-4)7-8-22(3,33-10)12-5-6-14(26)18-17(12)20(30)24-19(29)15(9-16(27)28)32-11(2)23(24,34-24)21(18)31/h5-6,10-11,13,15,19,21,25-26,29,31H,7-9H2,1-4H3,(H,27,28)/t10-,11-,13+,15?,19+,21+,22-,23?,24?/m1/s1. The van der Waals surface area contributed by atoms with E-state index in [0.717, 1.165) is 6.42 Å². The van der Waals surface area contributed by atoms with Crippen LogP contribution in [0.5, 0.6) is 5.75 Å². The molecule has 0 aromatic heterocycles. The number of benzene rings is 1. The summed E-state index contributed by atoms with van der Waals surface area (Å²) in [6.45, 7) is 5.37. The van der Waals surface area contributed by atoms with Gasteiger partial charge in [0.2, 0.25) is 5.78 Å². The molecule has 10 nitrogen and oxygen atoms in total. The van der Waals surface area contributed by atoms with Gasteiger partial charge in [-0.05, 0) is 52.3 Å². The summed E-state index contributed by atoms with van der Waals surface area (Å²) in [6.07, 6.45) is -4.54. The third-order valence-electron chi connectivity index (χ3n) is 8.35. The summed E-state index contributed by atoms with van der Waals surface area (Å²) in [5, 5.41) is 45.8. The van der Waals surface area contributed by atoms with Crippen molar-refractivity contribution < 1.29 is 44.2 Å². The summed E-state index contributed by atoms with van der Waals surface area (Å²) >= 11 is 0. The van der Waals surface area contributed by atoms with Crippen molar-refractivity contribution in [3.8, 4) is 5.75 Å². The van der Waals surface area contributed by atoms with Gasteiger partial charge in [-0.3, -0.25) is 9.59 Å². The Morgan fingerprint density at radius 2 is 1.97 bits per heavy atom. The number of epoxide rings is 1. The number of fused-ring (bicyclic) bond motifs is 1. The molecule has 1 aromatic carbocycles. The van der Waals surface area contributed by atoms with E-state index >= 15 is 0 Å². The normalized spacial score (nSPS) is 45.2. The maximum absolute atomic E-state index is 14.1. The first kappa shape index (κ1) is 23.7. The predicted molar refractivity (Wildman–Crippen MR) is 117 cm³/mol. The molecule has 4 aliphatic rings. The molecule has 5 N–H and O–H groups in total. The SMILES string of the molecule is CN[C@H]1CC[C@](C)(c2ccc(O)c3c2C(=O)C24OC2([C@@H](C)OC(CC(=O)O)[C@@H]4O)[C@H]3O)O[C@@H]1C. The Balaban J connectivity index is 1.65. The lowest BCUT2D eigenvalue weighted by molar-refractivity contribution is -0.163. The van der Waals surface area contributed by atoms with Gasteiger partial charge >= 0.3 is 5.97 Å². The number of phenolic OH excluding ortho intramolecular Hbond substituents is 1. The van der Waals surface area contributed by atoms with Crippen LogP contribution in [-0.2, 0) is 24.6 Å². The van der Waals surface area contributed by atoms with Gasteiger partial charge < -0.3 is 40.0 Å². The molecule has 9 atom stereocenters. The Morgan fingerprint density at radius 3 is 2.59 bits per heavy atom. The second-order valence-corrected chi connectivity index (χ2v) is 10.1. The number of aliphatic carboxylic acids is 1. The molecule has 0 bridgehead atoms. The van der Waals surface area contributed by atoms with Crippen molar-refractivity contribution in [2.24, 2.45) is 0 Å². The highest BCUT2D eigenvalue weighted by molar-refractivity contribution is 6.11. The molecule has 0 spiro atoms. The first-order chi connectivity index (χ1) is 15.9. The van der Waals surface area contributed by atoms with Crippen LogP contribution in [0.1, 0.15) is 67.6 Å². The Morgan fingerprint density at radius 1 is 1.26 bits per heavy atom. The molecule has 1 aliphatic carbocycles. The second kappa shape index (κ2) is 7.46. The number of nitrogens with one attached hydrogen (secondary N) is 1. The summed E-state index contributed by atoms with van der Waals surface area (Å²) in [5.74, 6) is -2.07. The van der Waals surface area contributed by atoms with Crippen molar-refractivity contribution >= 4 is 11.8 Å². The first-order valence-electron chi connectivity index (χ1n) is 11.6. The van der Waals surface area contributed by atoms with Gasteiger partial charge in [-0.15, -0.1) is 0 Å². The molecular weight excluding hydrogens is 446 g/mol. The maximum atomic E-state index is 14.1. The molecule has 10 heteroatoms. The highest BCUT2D eigenvalue weighted by atomic mass is 16.7. The van der Waals surface area contributed by atoms with Gasteiger partial charge in [0.15, 0.2) is 11.2 Å². The second-order valence-electron chi connectivity index (χ2n) is 10.1. The maximum Gasteiger partial charge on any atom is 0.306 e. The number of hydrogen-bond donors (Lipinski definition) is 5. The largest absolute Gasteiger partial charge is 0.508 e. The molecule has 3 saturated heterocycles. The summed E-state index contributed by atoms with van der Waals surface area (Å²) in [5.41, 5.74) is -3.83. The van der Waals surface area contributed by atoms with Crippen LogP contribution >= 0.6 is 0 Å². The summed E-state index contributed by atoms with van der Waals surface area (Å²) in [6, 6.07) is 3.18. The van der Waals surface area contributed by atoms with E-state index in [1.807, 2.05) is 20.9 Å². The number of hydrogen-bond acceptors (Lipinski definition) is 9. The van der Waals surface area contributed by atoms with Crippen LogP contribution in [0.15, 0.2) is 12.1 Å². The number of Topliss-reactive ketones (excluding diaryl/α,β-unsaturated/α-hetero) is 1. The summed E-state index contributed by atoms with van der Waals surface area (Å²) in [4.78, 5) is 25.5. The minimum atomic E-state index is -1.87. The minimum Gasteiger partial charge on any atom is -0.508 e. The zero-order chi connectivity index (χ0) is 24.8. The summed E-state index contributed by atoms with van der Waals surface area (Å²) in [7, 11) is 1.86. The molecule has 5 rings (SSSR count). The number of phenols is 1. The van der Waals surface area contributed by atoms with Gasteiger partial charge in [0, 0.05) is 17.2 Å². The number of carboxylic acids is 1. The van der Waals surface area contributed by atoms with Crippen LogP contribution in [0.25, 0.3) is 0 Å². The van der Waals surface area contributed by atoms with Gasteiger partial charge in [0.25, 0.3) is 0 Å². The average molecular weight is 478 g/mol. The van der Waals surface area contributed by atoms with E-state index in [1.54, 1.807) is 13.0 Å². The topological polar surface area (TPSA) is 158 Å². The molecule has 3 aliphatic heterocycles. The molecule has 1 aromatic rings. The molecule has 34 heavy (non-hydrogen) atoms. The molecular formula is C24H31NO9. The Bertz CT molecular complexity index is 1060. The predicted octanol–water partition coefficient (Wildman–Crippen LogP) is 0.755. The Labute approximate surface area is 196 Å². The third-order valence-corrected chi connectivity index (χ3v) is 8.35. The quantitative estimate of drug-likeness (QED) is 0.392. The average Bonchev–Trinajstić information content (AvgIpc) is 3.50. The fourth-order valence-electron chi connectivity index (χ4n) is 6.55. The third kappa shape index (κ3) is 2.78. The van der Waals surface area contributed by atoms with E-state index in [9.17, 15) is 30.0 Å².